The number of benzene rings is 3. The van der Waals surface area contributed by atoms with Crippen molar-refractivity contribution in [2.45, 2.75) is 20.0 Å². The summed E-state index contributed by atoms with van der Waals surface area (Å²) >= 11 is 0. The molecular formula is C23H23N3O4. The fraction of sp³-hybridized carbons (Fsp3) is 0.174. The van der Waals surface area contributed by atoms with Crippen molar-refractivity contribution in [1.29, 1.82) is 0 Å². The average Bonchev–Trinajstić information content (AvgIpc) is 2.76. The number of carbonyl (C=O) groups is 2. The molecule has 0 aliphatic carbocycles. The summed E-state index contributed by atoms with van der Waals surface area (Å²) in [5.41, 5.74) is 4.27. The van der Waals surface area contributed by atoms with Crippen molar-refractivity contribution in [1.82, 2.24) is 5.43 Å². The van der Waals surface area contributed by atoms with Crippen molar-refractivity contribution < 1.29 is 19.1 Å². The largest absolute Gasteiger partial charge is 0.497 e. The van der Waals surface area contributed by atoms with E-state index >= 15 is 0 Å². The number of anilines is 1. The third kappa shape index (κ3) is 6.07. The lowest BCUT2D eigenvalue weighted by atomic mass is 10.1. The SMILES string of the molecule is COc1ccc(COC(=O)N/N=C(/C)CC(=O)Nc2ccc3ccccc3c2)cc1. The van der Waals surface area contributed by atoms with Gasteiger partial charge in [-0.05, 0) is 47.5 Å². The minimum atomic E-state index is -0.694. The second kappa shape index (κ2) is 10.1. The molecule has 2 N–H and O–H groups in total. The molecule has 30 heavy (non-hydrogen) atoms. The molecule has 0 aliphatic rings. The van der Waals surface area contributed by atoms with Gasteiger partial charge in [0.1, 0.15) is 12.4 Å². The quantitative estimate of drug-likeness (QED) is 0.448. The first-order chi connectivity index (χ1) is 14.5. The van der Waals surface area contributed by atoms with E-state index in [4.69, 9.17) is 9.47 Å². The van der Waals surface area contributed by atoms with Crippen molar-refractivity contribution in [3.8, 4) is 5.75 Å². The Labute approximate surface area is 174 Å². The van der Waals surface area contributed by atoms with Crippen LogP contribution in [0.25, 0.3) is 10.8 Å². The van der Waals surface area contributed by atoms with Gasteiger partial charge < -0.3 is 14.8 Å². The summed E-state index contributed by atoms with van der Waals surface area (Å²) in [6.07, 6.45) is -0.647. The van der Waals surface area contributed by atoms with E-state index in [1.807, 2.05) is 42.5 Å². The molecule has 3 aromatic carbocycles. The first-order valence-corrected chi connectivity index (χ1v) is 9.41. The molecule has 0 aliphatic heterocycles. The molecule has 0 spiro atoms. The monoisotopic (exact) mass is 405 g/mol. The summed E-state index contributed by atoms with van der Waals surface area (Å²) in [4.78, 5) is 24.0. The fourth-order valence-corrected chi connectivity index (χ4v) is 2.79. The molecule has 3 rings (SSSR count). The highest BCUT2D eigenvalue weighted by molar-refractivity contribution is 6.06. The van der Waals surface area contributed by atoms with E-state index in [0.29, 0.717) is 11.4 Å². The Bertz CT molecular complexity index is 1060. The Morgan fingerprint density at radius 2 is 1.70 bits per heavy atom. The van der Waals surface area contributed by atoms with Crippen LogP contribution in [-0.2, 0) is 16.1 Å². The maximum Gasteiger partial charge on any atom is 0.428 e. The van der Waals surface area contributed by atoms with Gasteiger partial charge in [0.25, 0.3) is 0 Å². The fourth-order valence-electron chi connectivity index (χ4n) is 2.79. The van der Waals surface area contributed by atoms with Gasteiger partial charge in [0.15, 0.2) is 0 Å². The lowest BCUT2D eigenvalue weighted by Crippen LogP contribution is -2.22. The highest BCUT2D eigenvalue weighted by atomic mass is 16.6. The molecule has 0 bridgehead atoms. The predicted molar refractivity (Wildman–Crippen MR) is 117 cm³/mol. The topological polar surface area (TPSA) is 89.0 Å². The van der Waals surface area contributed by atoms with Gasteiger partial charge in [0.2, 0.25) is 5.91 Å². The molecule has 0 saturated carbocycles. The number of hydrazone groups is 1. The van der Waals surface area contributed by atoms with Crippen molar-refractivity contribution in [2.75, 3.05) is 12.4 Å². The van der Waals surface area contributed by atoms with Crippen LogP contribution in [0.3, 0.4) is 0 Å². The molecule has 0 saturated heterocycles. The molecule has 7 nitrogen and oxygen atoms in total. The third-order valence-corrected chi connectivity index (χ3v) is 4.32. The molecule has 0 aromatic heterocycles. The van der Waals surface area contributed by atoms with E-state index in [2.05, 4.69) is 15.8 Å². The molecule has 154 valence electrons. The Morgan fingerprint density at radius 3 is 2.43 bits per heavy atom. The normalized spacial score (nSPS) is 11.1. The van der Waals surface area contributed by atoms with Gasteiger partial charge in [0.05, 0.1) is 13.5 Å². The Morgan fingerprint density at radius 1 is 0.967 bits per heavy atom. The number of amides is 2. The zero-order chi connectivity index (χ0) is 21.3. The van der Waals surface area contributed by atoms with Gasteiger partial charge in [-0.2, -0.15) is 5.10 Å². The van der Waals surface area contributed by atoms with E-state index < -0.39 is 6.09 Å². The van der Waals surface area contributed by atoms with Crippen molar-refractivity contribution in [3.05, 3.63) is 72.3 Å². The van der Waals surface area contributed by atoms with Crippen LogP contribution in [0, 0.1) is 0 Å². The molecular weight excluding hydrogens is 382 g/mol. The maximum atomic E-state index is 12.2. The summed E-state index contributed by atoms with van der Waals surface area (Å²) in [7, 11) is 1.58. The highest BCUT2D eigenvalue weighted by Gasteiger charge is 2.07. The minimum Gasteiger partial charge on any atom is -0.497 e. The van der Waals surface area contributed by atoms with Gasteiger partial charge in [-0.3, -0.25) is 4.79 Å². The van der Waals surface area contributed by atoms with Crippen LogP contribution >= 0.6 is 0 Å². The van der Waals surface area contributed by atoms with Crippen LogP contribution in [-0.4, -0.2) is 24.8 Å². The first-order valence-electron chi connectivity index (χ1n) is 9.41. The number of fused-ring (bicyclic) bond motifs is 1. The van der Waals surface area contributed by atoms with Crippen molar-refractivity contribution in [2.24, 2.45) is 5.10 Å². The Kier molecular flexibility index (Phi) is 7.00. The molecule has 0 fully saturated rings. The zero-order valence-electron chi connectivity index (χ0n) is 16.8. The number of hydrogen-bond acceptors (Lipinski definition) is 5. The second-order valence-electron chi connectivity index (χ2n) is 6.67. The van der Waals surface area contributed by atoms with E-state index in [9.17, 15) is 9.59 Å². The lowest BCUT2D eigenvalue weighted by molar-refractivity contribution is -0.115. The smallest absolute Gasteiger partial charge is 0.428 e. The standard InChI is InChI=1S/C23H23N3O4/c1-16(25-26-23(28)30-15-17-7-11-21(29-2)12-8-17)13-22(27)24-20-10-9-18-5-3-4-6-19(18)14-20/h3-12,14H,13,15H2,1-2H3,(H,24,27)(H,26,28)/b25-16-. The Balaban J connectivity index is 1.44. The number of hydrogen-bond donors (Lipinski definition) is 2. The van der Waals surface area contributed by atoms with Gasteiger partial charge in [-0.15, -0.1) is 0 Å². The number of rotatable bonds is 7. The second-order valence-corrected chi connectivity index (χ2v) is 6.67. The van der Waals surface area contributed by atoms with Crippen LogP contribution in [0.1, 0.15) is 18.9 Å². The van der Waals surface area contributed by atoms with Crippen LogP contribution in [0.5, 0.6) is 5.75 Å². The number of carbonyl (C=O) groups excluding carboxylic acids is 2. The molecule has 0 heterocycles. The molecule has 0 radical (unpaired) electrons. The summed E-state index contributed by atoms with van der Waals surface area (Å²) in [5.74, 6) is 0.505. The van der Waals surface area contributed by atoms with Gasteiger partial charge in [-0.25, -0.2) is 10.2 Å². The summed E-state index contributed by atoms with van der Waals surface area (Å²) in [6, 6.07) is 20.8. The van der Waals surface area contributed by atoms with Crippen LogP contribution < -0.4 is 15.5 Å². The summed E-state index contributed by atoms with van der Waals surface area (Å²) in [5, 5.41) is 8.89. The number of nitrogens with one attached hydrogen (secondary N) is 2. The molecule has 2 amide bonds. The van der Waals surface area contributed by atoms with Gasteiger partial charge in [-0.1, -0.05) is 42.5 Å². The Hall–Kier alpha value is -3.87. The maximum absolute atomic E-state index is 12.2. The molecule has 3 aromatic rings. The van der Waals surface area contributed by atoms with Crippen LogP contribution in [0.4, 0.5) is 10.5 Å². The molecule has 0 unspecified atom stereocenters. The summed E-state index contributed by atoms with van der Waals surface area (Å²) < 4.78 is 10.2. The lowest BCUT2D eigenvalue weighted by Gasteiger charge is -2.07. The first kappa shape index (κ1) is 20.9. The van der Waals surface area contributed by atoms with Gasteiger partial charge >= 0.3 is 6.09 Å². The van der Waals surface area contributed by atoms with Crippen LogP contribution in [0.2, 0.25) is 0 Å². The third-order valence-electron chi connectivity index (χ3n) is 4.32. The van der Waals surface area contributed by atoms with Gasteiger partial charge in [0, 0.05) is 11.4 Å². The molecule has 7 heteroatoms. The minimum absolute atomic E-state index is 0.0472. The van der Waals surface area contributed by atoms with E-state index in [1.165, 1.54) is 0 Å². The number of nitrogens with zero attached hydrogens (tertiary/aromatic N) is 1. The number of ether oxygens (including phenoxy) is 2. The van der Waals surface area contributed by atoms with Crippen molar-refractivity contribution in [3.63, 3.8) is 0 Å². The zero-order valence-corrected chi connectivity index (χ0v) is 16.8. The van der Waals surface area contributed by atoms with E-state index in [0.717, 1.165) is 22.1 Å². The summed E-state index contributed by atoms with van der Waals surface area (Å²) in [6.45, 7) is 1.76. The predicted octanol–water partition coefficient (Wildman–Crippen LogP) is 4.48. The molecule has 0 atom stereocenters. The average molecular weight is 405 g/mol. The van der Waals surface area contributed by atoms with E-state index in [1.54, 1.807) is 38.3 Å². The van der Waals surface area contributed by atoms with Crippen molar-refractivity contribution >= 4 is 34.2 Å². The highest BCUT2D eigenvalue weighted by Crippen LogP contribution is 2.19. The number of methoxy groups -OCH3 is 1. The van der Waals surface area contributed by atoms with Crippen LogP contribution in [0.15, 0.2) is 71.8 Å². The van der Waals surface area contributed by atoms with E-state index in [-0.39, 0.29) is 18.9 Å².